The maximum atomic E-state index is 12.2. The number of piperidine rings is 1. The summed E-state index contributed by atoms with van der Waals surface area (Å²) in [6, 6.07) is 5.34. The molecule has 1 fully saturated rings. The smallest absolute Gasteiger partial charge is 0.317 e. The fourth-order valence-corrected chi connectivity index (χ4v) is 3.20. The third kappa shape index (κ3) is 5.34. The van der Waals surface area contributed by atoms with Gasteiger partial charge in [0.1, 0.15) is 0 Å². The van der Waals surface area contributed by atoms with E-state index in [9.17, 15) is 9.59 Å². The minimum absolute atomic E-state index is 0.0401. The summed E-state index contributed by atoms with van der Waals surface area (Å²) < 4.78 is 0. The third-order valence-electron chi connectivity index (χ3n) is 4.16. The Bertz CT molecular complexity index is 604. The van der Waals surface area contributed by atoms with Crippen molar-refractivity contribution in [3.05, 3.63) is 28.2 Å². The van der Waals surface area contributed by atoms with Crippen LogP contribution in [0.3, 0.4) is 0 Å². The number of carbonyl (C=O) groups is 2. The number of hydrogen-bond donors (Lipinski definition) is 2. The number of benzene rings is 1. The van der Waals surface area contributed by atoms with Crippen LogP contribution in [-0.2, 0) is 9.59 Å². The number of aliphatic carboxylic acids is 1. The highest BCUT2D eigenvalue weighted by molar-refractivity contribution is 6.43. The lowest BCUT2D eigenvalue weighted by Gasteiger charge is -2.35. The van der Waals surface area contributed by atoms with Gasteiger partial charge in [-0.1, -0.05) is 29.3 Å². The number of likely N-dealkylation sites (tertiary alicyclic amines) is 1. The van der Waals surface area contributed by atoms with E-state index < -0.39 is 5.97 Å². The van der Waals surface area contributed by atoms with Crippen molar-refractivity contribution < 1.29 is 14.7 Å². The predicted octanol–water partition coefficient (Wildman–Crippen LogP) is 2.41. The molecular formula is C16H21Cl2N3O3. The first kappa shape index (κ1) is 19.0. The van der Waals surface area contributed by atoms with Gasteiger partial charge in [-0.3, -0.25) is 19.4 Å². The highest BCUT2D eigenvalue weighted by Gasteiger charge is 2.24. The molecule has 0 unspecified atom stereocenters. The van der Waals surface area contributed by atoms with E-state index in [4.69, 9.17) is 28.3 Å². The molecule has 1 aliphatic heterocycles. The van der Waals surface area contributed by atoms with Crippen LogP contribution in [0, 0.1) is 0 Å². The second-order valence-electron chi connectivity index (χ2n) is 5.97. The molecule has 0 aromatic heterocycles. The zero-order valence-electron chi connectivity index (χ0n) is 13.5. The molecule has 8 heteroatoms. The molecule has 0 saturated carbocycles. The van der Waals surface area contributed by atoms with Gasteiger partial charge in [0, 0.05) is 19.1 Å². The van der Waals surface area contributed by atoms with Crippen LogP contribution in [0.5, 0.6) is 0 Å². The summed E-state index contributed by atoms with van der Waals surface area (Å²) in [4.78, 5) is 26.8. The maximum Gasteiger partial charge on any atom is 0.317 e. The molecule has 2 rings (SSSR count). The number of anilines is 1. The number of carbonyl (C=O) groups excluding carboxylic acids is 1. The zero-order valence-corrected chi connectivity index (χ0v) is 15.0. The van der Waals surface area contributed by atoms with Gasteiger partial charge in [0.2, 0.25) is 5.91 Å². The molecule has 1 saturated heterocycles. The number of rotatable bonds is 6. The van der Waals surface area contributed by atoms with Crippen molar-refractivity contribution >= 4 is 40.8 Å². The molecule has 6 nitrogen and oxygen atoms in total. The Labute approximate surface area is 151 Å². The van der Waals surface area contributed by atoms with Crippen molar-refractivity contribution in [3.63, 3.8) is 0 Å². The van der Waals surface area contributed by atoms with Crippen molar-refractivity contribution in [1.82, 2.24) is 9.80 Å². The quantitative estimate of drug-likeness (QED) is 0.800. The van der Waals surface area contributed by atoms with Crippen LogP contribution in [0.15, 0.2) is 18.2 Å². The number of halogens is 2. The molecule has 24 heavy (non-hydrogen) atoms. The lowest BCUT2D eigenvalue weighted by Crippen LogP contribution is -2.46. The van der Waals surface area contributed by atoms with Gasteiger partial charge in [-0.2, -0.15) is 0 Å². The molecule has 1 aromatic carbocycles. The highest BCUT2D eigenvalue weighted by Crippen LogP contribution is 2.29. The van der Waals surface area contributed by atoms with Crippen molar-refractivity contribution in [2.75, 3.05) is 38.5 Å². The number of carboxylic acids is 1. The fourth-order valence-electron chi connectivity index (χ4n) is 2.85. The van der Waals surface area contributed by atoms with Crippen LogP contribution < -0.4 is 5.32 Å². The number of nitrogens with zero attached hydrogens (tertiary/aromatic N) is 2. The normalized spacial score (nSPS) is 16.3. The molecule has 0 radical (unpaired) electrons. The van der Waals surface area contributed by atoms with Crippen LogP contribution in [0.25, 0.3) is 0 Å². The van der Waals surface area contributed by atoms with Gasteiger partial charge in [0.05, 0.1) is 28.8 Å². The molecule has 1 heterocycles. The van der Waals surface area contributed by atoms with Crippen LogP contribution in [-0.4, -0.2) is 66.1 Å². The van der Waals surface area contributed by atoms with Crippen molar-refractivity contribution in [1.29, 1.82) is 0 Å². The third-order valence-corrected chi connectivity index (χ3v) is 4.98. The molecule has 0 spiro atoms. The van der Waals surface area contributed by atoms with Crippen LogP contribution in [0.2, 0.25) is 10.0 Å². The van der Waals surface area contributed by atoms with Gasteiger partial charge in [0.15, 0.2) is 0 Å². The SMILES string of the molecule is CN(CC(=O)O)C1CCN(CC(=O)Nc2cccc(Cl)c2Cl)CC1. The van der Waals surface area contributed by atoms with Crippen LogP contribution in [0.1, 0.15) is 12.8 Å². The predicted molar refractivity (Wildman–Crippen MR) is 94.8 cm³/mol. The number of carboxylic acid groups (broad SMARTS) is 1. The van der Waals surface area contributed by atoms with E-state index in [2.05, 4.69) is 10.2 Å². The van der Waals surface area contributed by atoms with Gasteiger partial charge in [-0.25, -0.2) is 0 Å². The number of nitrogens with one attached hydrogen (secondary N) is 1. The summed E-state index contributed by atoms with van der Waals surface area (Å²) in [6.07, 6.45) is 1.68. The van der Waals surface area contributed by atoms with Gasteiger partial charge in [0.25, 0.3) is 0 Å². The second-order valence-corrected chi connectivity index (χ2v) is 6.75. The topological polar surface area (TPSA) is 72.9 Å². The molecule has 1 amide bonds. The Morgan fingerprint density at radius 3 is 2.62 bits per heavy atom. The zero-order chi connectivity index (χ0) is 17.7. The van der Waals surface area contributed by atoms with Crippen LogP contribution >= 0.6 is 23.2 Å². The first-order valence-corrected chi connectivity index (χ1v) is 8.50. The van der Waals surface area contributed by atoms with Crippen LogP contribution in [0.4, 0.5) is 5.69 Å². The number of likely N-dealkylation sites (N-methyl/N-ethyl adjacent to an activating group) is 1. The van der Waals surface area contributed by atoms with E-state index in [1.807, 2.05) is 11.9 Å². The van der Waals surface area contributed by atoms with E-state index >= 15 is 0 Å². The summed E-state index contributed by atoms with van der Waals surface area (Å²) in [5.41, 5.74) is 0.505. The monoisotopic (exact) mass is 373 g/mol. The first-order chi connectivity index (χ1) is 11.4. The van der Waals surface area contributed by atoms with E-state index in [-0.39, 0.29) is 25.0 Å². The Morgan fingerprint density at radius 2 is 2.00 bits per heavy atom. The van der Waals surface area contributed by atoms with E-state index in [1.165, 1.54) is 0 Å². The summed E-state index contributed by atoms with van der Waals surface area (Å²) in [5.74, 6) is -0.964. The number of amides is 1. The molecule has 132 valence electrons. The molecule has 0 bridgehead atoms. The summed E-state index contributed by atoms with van der Waals surface area (Å²) >= 11 is 12.0. The number of hydrogen-bond acceptors (Lipinski definition) is 4. The summed E-state index contributed by atoms with van der Waals surface area (Å²) in [7, 11) is 1.82. The highest BCUT2D eigenvalue weighted by atomic mass is 35.5. The van der Waals surface area contributed by atoms with Crippen molar-refractivity contribution in [2.45, 2.75) is 18.9 Å². The first-order valence-electron chi connectivity index (χ1n) is 7.75. The van der Waals surface area contributed by atoms with Crippen molar-refractivity contribution in [2.24, 2.45) is 0 Å². The molecule has 1 aliphatic rings. The summed E-state index contributed by atoms with van der Waals surface area (Å²) in [6.45, 7) is 1.83. The van der Waals surface area contributed by atoms with Gasteiger partial charge in [-0.05, 0) is 32.0 Å². The largest absolute Gasteiger partial charge is 0.480 e. The standard InChI is InChI=1S/C16H21Cl2N3O3/c1-20(10-15(23)24)11-5-7-21(8-6-11)9-14(22)19-13-4-2-3-12(17)16(13)18/h2-4,11H,5-10H2,1H3,(H,19,22)(H,23,24). The minimum atomic E-state index is -0.822. The van der Waals surface area contributed by atoms with Crippen molar-refractivity contribution in [3.8, 4) is 0 Å². The van der Waals surface area contributed by atoms with E-state index in [0.717, 1.165) is 25.9 Å². The molecule has 0 aliphatic carbocycles. The van der Waals surface area contributed by atoms with Gasteiger partial charge < -0.3 is 10.4 Å². The van der Waals surface area contributed by atoms with Gasteiger partial charge >= 0.3 is 5.97 Å². The Kier molecular flexibility index (Phi) is 6.86. The lowest BCUT2D eigenvalue weighted by molar-refractivity contribution is -0.138. The fraction of sp³-hybridized carbons (Fsp3) is 0.500. The second kappa shape index (κ2) is 8.67. The van der Waals surface area contributed by atoms with E-state index in [1.54, 1.807) is 18.2 Å². The van der Waals surface area contributed by atoms with E-state index in [0.29, 0.717) is 15.7 Å². The lowest BCUT2D eigenvalue weighted by atomic mass is 10.0. The maximum absolute atomic E-state index is 12.2. The average molecular weight is 374 g/mol. The minimum Gasteiger partial charge on any atom is -0.480 e. The Balaban J connectivity index is 1.80. The summed E-state index contributed by atoms with van der Waals surface area (Å²) in [5, 5.41) is 12.4. The molecule has 0 atom stereocenters. The van der Waals surface area contributed by atoms with Gasteiger partial charge in [-0.15, -0.1) is 0 Å². The Hall–Kier alpha value is -1.34. The molecule has 1 aromatic rings. The average Bonchev–Trinajstić information content (AvgIpc) is 2.52. The Morgan fingerprint density at radius 1 is 1.33 bits per heavy atom. The molecule has 2 N–H and O–H groups in total. The molecular weight excluding hydrogens is 353 g/mol.